The fraction of sp³-hybridized carbons (Fsp3) is 0.588. The van der Waals surface area contributed by atoms with E-state index in [2.05, 4.69) is 29.2 Å². The van der Waals surface area contributed by atoms with Crippen molar-refractivity contribution >= 4 is 18.3 Å². The molecule has 21 heavy (non-hydrogen) atoms. The summed E-state index contributed by atoms with van der Waals surface area (Å²) in [4.78, 5) is 15.0. The molecule has 3 atom stereocenters. The summed E-state index contributed by atoms with van der Waals surface area (Å²) in [6.07, 6.45) is 5.51. The van der Waals surface area contributed by atoms with Crippen LogP contribution < -0.4 is 5.73 Å². The van der Waals surface area contributed by atoms with Gasteiger partial charge in [0, 0.05) is 12.5 Å². The SMILES string of the molecule is Cl.NC[C@H]1CCC[C@H]1C(=O)N1CCCC1c1ccccc1. The van der Waals surface area contributed by atoms with Crippen LogP contribution in [0.5, 0.6) is 0 Å². The molecule has 1 aromatic rings. The molecule has 1 saturated carbocycles. The number of hydrogen-bond acceptors (Lipinski definition) is 2. The molecule has 1 aliphatic carbocycles. The topological polar surface area (TPSA) is 46.3 Å². The maximum absolute atomic E-state index is 12.9. The molecule has 2 N–H and O–H groups in total. The highest BCUT2D eigenvalue weighted by Gasteiger charge is 2.38. The lowest BCUT2D eigenvalue weighted by Gasteiger charge is -2.29. The number of hydrogen-bond donors (Lipinski definition) is 1. The molecule has 116 valence electrons. The van der Waals surface area contributed by atoms with Crippen LogP contribution >= 0.6 is 12.4 Å². The van der Waals surface area contributed by atoms with Crippen molar-refractivity contribution in [1.82, 2.24) is 4.90 Å². The molecule has 1 unspecified atom stereocenters. The minimum atomic E-state index is 0. The number of nitrogens with two attached hydrogens (primary N) is 1. The third-order valence-corrected chi connectivity index (χ3v) is 5.00. The average molecular weight is 309 g/mol. The van der Waals surface area contributed by atoms with Crippen LogP contribution in [-0.4, -0.2) is 23.9 Å². The number of halogens is 1. The Morgan fingerprint density at radius 1 is 1.14 bits per heavy atom. The third kappa shape index (κ3) is 3.24. The van der Waals surface area contributed by atoms with Crippen molar-refractivity contribution in [2.45, 2.75) is 38.1 Å². The molecule has 1 aliphatic heterocycles. The number of carbonyl (C=O) groups excluding carboxylic acids is 1. The van der Waals surface area contributed by atoms with Crippen molar-refractivity contribution in [2.75, 3.05) is 13.1 Å². The van der Waals surface area contributed by atoms with Crippen LogP contribution in [0.2, 0.25) is 0 Å². The fourth-order valence-electron chi connectivity index (χ4n) is 3.91. The summed E-state index contributed by atoms with van der Waals surface area (Å²) in [6, 6.07) is 10.7. The first-order valence-corrected chi connectivity index (χ1v) is 7.86. The van der Waals surface area contributed by atoms with Gasteiger partial charge in [0.15, 0.2) is 0 Å². The number of carbonyl (C=O) groups is 1. The molecule has 1 saturated heterocycles. The summed E-state index contributed by atoms with van der Waals surface area (Å²) in [6.45, 7) is 1.56. The van der Waals surface area contributed by atoms with Crippen LogP contribution in [0.4, 0.5) is 0 Å². The van der Waals surface area contributed by atoms with Gasteiger partial charge in [-0.15, -0.1) is 12.4 Å². The predicted octanol–water partition coefficient (Wildman–Crippen LogP) is 3.15. The molecule has 0 spiro atoms. The molecular weight excluding hydrogens is 284 g/mol. The smallest absolute Gasteiger partial charge is 0.226 e. The maximum atomic E-state index is 12.9. The second-order valence-electron chi connectivity index (χ2n) is 6.13. The van der Waals surface area contributed by atoms with Crippen molar-refractivity contribution in [3.05, 3.63) is 35.9 Å². The highest BCUT2D eigenvalue weighted by atomic mass is 35.5. The number of amides is 1. The van der Waals surface area contributed by atoms with Crippen LogP contribution in [0.3, 0.4) is 0 Å². The molecule has 2 aliphatic rings. The zero-order chi connectivity index (χ0) is 13.9. The first-order chi connectivity index (χ1) is 9.81. The van der Waals surface area contributed by atoms with E-state index in [-0.39, 0.29) is 24.4 Å². The Bertz CT molecular complexity index is 465. The average Bonchev–Trinajstić information content (AvgIpc) is 3.16. The first kappa shape index (κ1) is 16.3. The van der Waals surface area contributed by atoms with E-state index in [4.69, 9.17) is 5.73 Å². The molecule has 3 rings (SSSR count). The van der Waals surface area contributed by atoms with Gasteiger partial charge in [-0.2, -0.15) is 0 Å². The number of nitrogens with zero attached hydrogens (tertiary/aromatic N) is 1. The molecule has 0 radical (unpaired) electrons. The van der Waals surface area contributed by atoms with Crippen LogP contribution in [-0.2, 0) is 4.79 Å². The molecule has 1 heterocycles. The lowest BCUT2D eigenvalue weighted by Crippen LogP contribution is -2.38. The molecule has 1 aromatic carbocycles. The Labute approximate surface area is 133 Å². The second kappa shape index (κ2) is 7.28. The van der Waals surface area contributed by atoms with Gasteiger partial charge in [0.2, 0.25) is 5.91 Å². The highest BCUT2D eigenvalue weighted by molar-refractivity contribution is 5.85. The summed E-state index contributed by atoms with van der Waals surface area (Å²) < 4.78 is 0. The van der Waals surface area contributed by atoms with E-state index in [1.54, 1.807) is 0 Å². The number of rotatable bonds is 3. The van der Waals surface area contributed by atoms with Gasteiger partial charge in [-0.3, -0.25) is 4.79 Å². The van der Waals surface area contributed by atoms with E-state index in [1.165, 1.54) is 5.56 Å². The summed E-state index contributed by atoms with van der Waals surface area (Å²) >= 11 is 0. The Kier molecular flexibility index (Phi) is 5.65. The molecule has 3 nitrogen and oxygen atoms in total. The van der Waals surface area contributed by atoms with Gasteiger partial charge in [0.25, 0.3) is 0 Å². The van der Waals surface area contributed by atoms with Crippen LogP contribution in [0.1, 0.15) is 43.7 Å². The minimum Gasteiger partial charge on any atom is -0.335 e. The van der Waals surface area contributed by atoms with Crippen molar-refractivity contribution < 1.29 is 4.79 Å². The standard InChI is InChI=1S/C17H24N2O.ClH/c18-12-14-8-4-9-15(14)17(20)19-11-5-10-16(19)13-6-2-1-3-7-13;/h1-3,6-7,14-16H,4-5,8-12,18H2;1H/t14-,15-,16?;/m1./s1. The third-order valence-electron chi connectivity index (χ3n) is 5.00. The van der Waals surface area contributed by atoms with Gasteiger partial charge in [-0.05, 0) is 43.7 Å². The van der Waals surface area contributed by atoms with Gasteiger partial charge in [0.1, 0.15) is 0 Å². The van der Waals surface area contributed by atoms with E-state index < -0.39 is 0 Å². The largest absolute Gasteiger partial charge is 0.335 e. The van der Waals surface area contributed by atoms with E-state index in [9.17, 15) is 4.79 Å². The first-order valence-electron chi connectivity index (χ1n) is 7.86. The summed E-state index contributed by atoms with van der Waals surface area (Å²) in [5.41, 5.74) is 7.11. The van der Waals surface area contributed by atoms with Gasteiger partial charge in [-0.25, -0.2) is 0 Å². The van der Waals surface area contributed by atoms with Gasteiger partial charge >= 0.3 is 0 Å². The molecule has 2 fully saturated rings. The Balaban J connectivity index is 0.00000161. The number of likely N-dealkylation sites (tertiary alicyclic amines) is 1. The van der Waals surface area contributed by atoms with E-state index in [1.807, 2.05) is 6.07 Å². The Morgan fingerprint density at radius 2 is 1.90 bits per heavy atom. The molecule has 0 aromatic heterocycles. The van der Waals surface area contributed by atoms with Gasteiger partial charge in [-0.1, -0.05) is 36.8 Å². The zero-order valence-corrected chi connectivity index (χ0v) is 13.2. The van der Waals surface area contributed by atoms with Crippen molar-refractivity contribution in [3.63, 3.8) is 0 Å². The second-order valence-corrected chi connectivity index (χ2v) is 6.13. The fourth-order valence-corrected chi connectivity index (χ4v) is 3.91. The zero-order valence-electron chi connectivity index (χ0n) is 12.4. The summed E-state index contributed by atoms with van der Waals surface area (Å²) in [5, 5.41) is 0. The number of benzene rings is 1. The Hall–Kier alpha value is -1.06. The highest BCUT2D eigenvalue weighted by Crippen LogP contribution is 2.38. The van der Waals surface area contributed by atoms with Crippen LogP contribution in [0, 0.1) is 11.8 Å². The molecule has 0 bridgehead atoms. The summed E-state index contributed by atoms with van der Waals surface area (Å²) in [5.74, 6) is 0.924. The Morgan fingerprint density at radius 3 is 2.62 bits per heavy atom. The lowest BCUT2D eigenvalue weighted by atomic mass is 9.94. The predicted molar refractivity (Wildman–Crippen MR) is 87.3 cm³/mol. The molecule has 4 heteroatoms. The van der Waals surface area contributed by atoms with Crippen LogP contribution in [0.15, 0.2) is 30.3 Å². The van der Waals surface area contributed by atoms with E-state index >= 15 is 0 Å². The monoisotopic (exact) mass is 308 g/mol. The van der Waals surface area contributed by atoms with Crippen molar-refractivity contribution in [3.8, 4) is 0 Å². The van der Waals surface area contributed by atoms with Gasteiger partial charge < -0.3 is 10.6 Å². The van der Waals surface area contributed by atoms with E-state index in [0.29, 0.717) is 18.4 Å². The maximum Gasteiger partial charge on any atom is 0.226 e. The molecular formula is C17H25ClN2O. The summed E-state index contributed by atoms with van der Waals surface area (Å²) in [7, 11) is 0. The lowest BCUT2D eigenvalue weighted by molar-refractivity contribution is -0.137. The van der Waals surface area contributed by atoms with Crippen molar-refractivity contribution in [1.29, 1.82) is 0 Å². The van der Waals surface area contributed by atoms with E-state index in [0.717, 1.165) is 38.6 Å². The minimum absolute atomic E-state index is 0. The van der Waals surface area contributed by atoms with Gasteiger partial charge in [0.05, 0.1) is 6.04 Å². The normalized spacial score (nSPS) is 28.4. The van der Waals surface area contributed by atoms with Crippen molar-refractivity contribution in [2.24, 2.45) is 17.6 Å². The molecule has 1 amide bonds. The van der Waals surface area contributed by atoms with Crippen LogP contribution in [0.25, 0.3) is 0 Å². The quantitative estimate of drug-likeness (QED) is 0.932.